The number of anilines is 2. The van der Waals surface area contributed by atoms with Crippen LogP contribution in [-0.2, 0) is 20.7 Å². The number of ether oxygens (including phenoxy) is 1. The standard InChI is InChI=1S/C35H43N9O4/c1-21-28(17-18-30(36)38-21)24-9-5-22(6-10-24)19-29(33(46)39-27-15-13-25(14-16-27)31-41-43-44-42-31)40-32(45)26-11-7-23(8-12-26)20-37-34(47)48-35(2,3)4/h5-6,9-10,13-18,23,26,29H,7-8,11-12,19-20H2,1-4H3,(H2,36,38)(H,37,47)(H,39,46)(H,40,45)(H,41,42,43,44)/t23?,26?,29-/m0/s1. The minimum Gasteiger partial charge on any atom is -0.444 e. The van der Waals surface area contributed by atoms with Crippen LogP contribution in [0, 0.1) is 18.8 Å². The molecule has 13 nitrogen and oxygen atoms in total. The number of nitrogens with one attached hydrogen (secondary N) is 4. The van der Waals surface area contributed by atoms with Gasteiger partial charge in [0.25, 0.3) is 0 Å². The molecule has 0 radical (unpaired) electrons. The molecule has 4 aromatic rings. The number of amides is 3. The Balaban J connectivity index is 1.24. The Bertz CT molecular complexity index is 1690. The fourth-order valence-corrected chi connectivity index (χ4v) is 5.83. The van der Waals surface area contributed by atoms with Crippen molar-refractivity contribution in [3.05, 3.63) is 71.9 Å². The Morgan fingerprint density at radius 1 is 0.958 bits per heavy atom. The number of hydrogen-bond acceptors (Lipinski definition) is 9. The van der Waals surface area contributed by atoms with Crippen LogP contribution in [0.2, 0.25) is 0 Å². The van der Waals surface area contributed by atoms with E-state index >= 15 is 0 Å². The molecular weight excluding hydrogens is 610 g/mol. The van der Waals surface area contributed by atoms with Gasteiger partial charge >= 0.3 is 6.09 Å². The summed E-state index contributed by atoms with van der Waals surface area (Å²) in [5, 5.41) is 22.7. The molecule has 0 saturated heterocycles. The van der Waals surface area contributed by atoms with Gasteiger partial charge in [-0.25, -0.2) is 14.9 Å². The second-order valence-corrected chi connectivity index (χ2v) is 13.2. The quantitative estimate of drug-likeness (QED) is 0.160. The first-order valence-corrected chi connectivity index (χ1v) is 16.2. The summed E-state index contributed by atoms with van der Waals surface area (Å²) in [5.74, 6) is 0.540. The van der Waals surface area contributed by atoms with Crippen LogP contribution >= 0.6 is 0 Å². The first-order valence-electron chi connectivity index (χ1n) is 16.2. The maximum atomic E-state index is 13.7. The fraction of sp³-hybridized carbons (Fsp3) is 0.400. The summed E-state index contributed by atoms with van der Waals surface area (Å²) in [6, 6.07) is 17.9. The second kappa shape index (κ2) is 15.1. The molecule has 0 aliphatic heterocycles. The number of aryl methyl sites for hydroxylation is 1. The normalized spacial score (nSPS) is 16.8. The molecule has 0 spiro atoms. The molecule has 48 heavy (non-hydrogen) atoms. The number of nitrogens with two attached hydrogens (primary N) is 1. The Kier molecular flexibility index (Phi) is 10.7. The molecule has 6 N–H and O–H groups in total. The summed E-state index contributed by atoms with van der Waals surface area (Å²) in [6.45, 7) is 7.89. The number of carbonyl (C=O) groups excluding carboxylic acids is 3. The fourth-order valence-electron chi connectivity index (χ4n) is 5.83. The number of nitrogen functional groups attached to an aromatic ring is 1. The minimum atomic E-state index is -0.812. The van der Waals surface area contributed by atoms with Crippen molar-refractivity contribution in [3.63, 3.8) is 0 Å². The predicted molar refractivity (Wildman–Crippen MR) is 182 cm³/mol. The average Bonchev–Trinajstić information content (AvgIpc) is 3.59. The van der Waals surface area contributed by atoms with Gasteiger partial charge in [-0.3, -0.25) is 9.59 Å². The van der Waals surface area contributed by atoms with Crippen LogP contribution in [0.4, 0.5) is 16.3 Å². The Morgan fingerprint density at radius 2 is 1.65 bits per heavy atom. The van der Waals surface area contributed by atoms with E-state index in [1.165, 1.54) is 0 Å². The summed E-state index contributed by atoms with van der Waals surface area (Å²) in [4.78, 5) is 43.7. The number of benzene rings is 2. The van der Waals surface area contributed by atoms with E-state index in [0.29, 0.717) is 43.1 Å². The number of rotatable bonds is 10. The van der Waals surface area contributed by atoms with Gasteiger partial charge in [0, 0.05) is 41.4 Å². The van der Waals surface area contributed by atoms with Crippen molar-refractivity contribution in [1.29, 1.82) is 0 Å². The molecule has 1 aliphatic rings. The van der Waals surface area contributed by atoms with Gasteiger partial charge in [-0.05, 0) is 117 Å². The Labute approximate surface area is 279 Å². The van der Waals surface area contributed by atoms with E-state index in [1.807, 2.05) is 58.0 Å². The van der Waals surface area contributed by atoms with Crippen LogP contribution in [0.1, 0.15) is 57.7 Å². The van der Waals surface area contributed by atoms with Crippen molar-refractivity contribution in [3.8, 4) is 22.5 Å². The van der Waals surface area contributed by atoms with E-state index in [1.54, 1.807) is 30.3 Å². The first kappa shape index (κ1) is 34.0. The zero-order valence-corrected chi connectivity index (χ0v) is 27.7. The van der Waals surface area contributed by atoms with Crippen LogP contribution in [0.3, 0.4) is 0 Å². The molecule has 1 saturated carbocycles. The van der Waals surface area contributed by atoms with Crippen molar-refractivity contribution in [2.24, 2.45) is 11.8 Å². The lowest BCUT2D eigenvalue weighted by atomic mass is 9.81. The summed E-state index contributed by atoms with van der Waals surface area (Å²) < 4.78 is 5.34. The average molecular weight is 654 g/mol. The van der Waals surface area contributed by atoms with Gasteiger partial charge in [-0.2, -0.15) is 0 Å². The van der Waals surface area contributed by atoms with Crippen molar-refractivity contribution in [2.75, 3.05) is 17.6 Å². The van der Waals surface area contributed by atoms with Gasteiger partial charge in [0.05, 0.1) is 0 Å². The number of tetrazole rings is 1. The van der Waals surface area contributed by atoms with Crippen molar-refractivity contribution in [2.45, 2.75) is 71.4 Å². The topological polar surface area (TPSA) is 190 Å². The number of carbonyl (C=O) groups is 3. The van der Waals surface area contributed by atoms with E-state index in [4.69, 9.17) is 10.5 Å². The van der Waals surface area contributed by atoms with E-state index in [2.05, 4.69) is 41.6 Å². The number of aromatic amines is 1. The minimum absolute atomic E-state index is 0.151. The van der Waals surface area contributed by atoms with Crippen LogP contribution in [-0.4, -0.2) is 61.7 Å². The zero-order valence-electron chi connectivity index (χ0n) is 27.7. The molecule has 0 unspecified atom stereocenters. The van der Waals surface area contributed by atoms with Gasteiger partial charge in [0.1, 0.15) is 17.5 Å². The highest BCUT2D eigenvalue weighted by atomic mass is 16.6. The lowest BCUT2D eigenvalue weighted by Gasteiger charge is -2.29. The predicted octanol–water partition coefficient (Wildman–Crippen LogP) is 4.82. The number of alkyl carbamates (subject to hydrolysis) is 1. The zero-order chi connectivity index (χ0) is 34.3. The molecule has 5 rings (SSSR count). The summed E-state index contributed by atoms with van der Waals surface area (Å²) in [5.41, 5.74) is 10.3. The third-order valence-electron chi connectivity index (χ3n) is 8.37. The molecule has 2 aromatic heterocycles. The summed E-state index contributed by atoms with van der Waals surface area (Å²) in [7, 11) is 0. The number of hydrogen-bond donors (Lipinski definition) is 5. The van der Waals surface area contributed by atoms with Crippen LogP contribution in [0.25, 0.3) is 22.5 Å². The third kappa shape index (κ3) is 9.36. The molecule has 1 fully saturated rings. The number of nitrogens with zero attached hydrogens (tertiary/aromatic N) is 4. The van der Waals surface area contributed by atoms with Gasteiger partial charge in [-0.1, -0.05) is 24.3 Å². The third-order valence-corrected chi connectivity index (χ3v) is 8.37. The Hall–Kier alpha value is -5.33. The van der Waals surface area contributed by atoms with Crippen molar-refractivity contribution in [1.82, 2.24) is 36.2 Å². The van der Waals surface area contributed by atoms with Crippen LogP contribution < -0.4 is 21.7 Å². The van der Waals surface area contributed by atoms with E-state index in [0.717, 1.165) is 40.8 Å². The highest BCUT2D eigenvalue weighted by Crippen LogP contribution is 2.29. The second-order valence-electron chi connectivity index (χ2n) is 13.2. The van der Waals surface area contributed by atoms with Crippen LogP contribution in [0.5, 0.6) is 0 Å². The molecule has 0 bridgehead atoms. The Morgan fingerprint density at radius 3 is 2.27 bits per heavy atom. The molecule has 13 heteroatoms. The molecule has 3 amide bonds. The maximum Gasteiger partial charge on any atom is 0.407 e. The monoisotopic (exact) mass is 653 g/mol. The van der Waals surface area contributed by atoms with Gasteiger partial charge in [-0.15, -0.1) is 5.10 Å². The van der Waals surface area contributed by atoms with Gasteiger partial charge in [0.15, 0.2) is 5.82 Å². The van der Waals surface area contributed by atoms with E-state index in [-0.39, 0.29) is 23.7 Å². The van der Waals surface area contributed by atoms with E-state index in [9.17, 15) is 14.4 Å². The SMILES string of the molecule is Cc1nc(N)ccc1-c1ccc(C[C@H](NC(=O)C2CCC(CNC(=O)OC(C)(C)C)CC2)C(=O)Nc2ccc(-c3nnn[nH]3)cc2)cc1. The number of pyridine rings is 1. The number of H-pyrrole nitrogens is 1. The van der Waals surface area contributed by atoms with E-state index < -0.39 is 17.7 Å². The molecule has 252 valence electrons. The maximum absolute atomic E-state index is 13.7. The van der Waals surface area contributed by atoms with Crippen LogP contribution in [0.15, 0.2) is 60.7 Å². The van der Waals surface area contributed by atoms with Crippen molar-refractivity contribution < 1.29 is 19.1 Å². The molecule has 2 aromatic carbocycles. The van der Waals surface area contributed by atoms with Crippen molar-refractivity contribution >= 4 is 29.4 Å². The lowest BCUT2D eigenvalue weighted by molar-refractivity contribution is -0.130. The number of aromatic nitrogens is 5. The smallest absolute Gasteiger partial charge is 0.407 e. The lowest BCUT2D eigenvalue weighted by Crippen LogP contribution is -2.48. The van der Waals surface area contributed by atoms with Gasteiger partial charge < -0.3 is 26.4 Å². The first-order chi connectivity index (χ1) is 22.9. The van der Waals surface area contributed by atoms with Gasteiger partial charge in [0.2, 0.25) is 11.8 Å². The largest absolute Gasteiger partial charge is 0.444 e. The molecular formula is C35H43N9O4. The summed E-state index contributed by atoms with van der Waals surface area (Å²) >= 11 is 0. The molecule has 2 heterocycles. The molecule has 1 aliphatic carbocycles. The summed E-state index contributed by atoms with van der Waals surface area (Å²) in [6.07, 6.45) is 2.78. The highest BCUT2D eigenvalue weighted by Gasteiger charge is 2.30. The molecule has 1 atom stereocenters. The highest BCUT2D eigenvalue weighted by molar-refractivity contribution is 5.97.